The van der Waals surface area contributed by atoms with Gasteiger partial charge in [0.15, 0.2) is 0 Å². The molecule has 1 heterocycles. The highest BCUT2D eigenvalue weighted by molar-refractivity contribution is 5.79. The average Bonchev–Trinajstić information content (AvgIpc) is 3.21. The first-order valence-electron chi connectivity index (χ1n) is 11.6. The summed E-state index contributed by atoms with van der Waals surface area (Å²) in [5.74, 6) is 2.46. The van der Waals surface area contributed by atoms with E-state index < -0.39 is 0 Å². The molecule has 6 heteroatoms. The molecule has 1 N–H and O–H groups in total. The minimum absolute atomic E-state index is 0.0425. The van der Waals surface area contributed by atoms with E-state index >= 15 is 0 Å². The van der Waals surface area contributed by atoms with Gasteiger partial charge < -0.3 is 19.4 Å². The largest absolute Gasteiger partial charge is 0.497 e. The third-order valence-corrected chi connectivity index (χ3v) is 5.76. The van der Waals surface area contributed by atoms with Gasteiger partial charge in [0.2, 0.25) is 5.91 Å². The molecule has 0 bridgehead atoms. The lowest BCUT2D eigenvalue weighted by Gasteiger charge is -2.17. The Balaban J connectivity index is 1.42. The molecule has 176 valence electrons. The Morgan fingerprint density at radius 2 is 1.82 bits per heavy atom. The van der Waals surface area contributed by atoms with Crippen LogP contribution in [0.3, 0.4) is 0 Å². The number of methoxy groups -OCH3 is 1. The summed E-state index contributed by atoms with van der Waals surface area (Å²) in [6, 6.07) is 23.5. The molecule has 0 spiro atoms. The van der Waals surface area contributed by atoms with Crippen LogP contribution in [0.15, 0.2) is 72.8 Å². The number of ether oxygens (including phenoxy) is 2. The van der Waals surface area contributed by atoms with Crippen molar-refractivity contribution >= 4 is 16.9 Å². The summed E-state index contributed by atoms with van der Waals surface area (Å²) in [6.07, 6.45) is 1.13. The molecule has 4 rings (SSSR count). The zero-order valence-corrected chi connectivity index (χ0v) is 20.0. The molecule has 0 radical (unpaired) electrons. The summed E-state index contributed by atoms with van der Waals surface area (Å²) in [5.41, 5.74) is 4.10. The van der Waals surface area contributed by atoms with Crippen molar-refractivity contribution in [3.63, 3.8) is 0 Å². The normalized spacial score (nSPS) is 11.9. The number of carbonyl (C=O) groups excluding carboxylic acids is 1. The van der Waals surface area contributed by atoms with Crippen LogP contribution in [0.25, 0.3) is 11.0 Å². The van der Waals surface area contributed by atoms with Crippen molar-refractivity contribution in [1.29, 1.82) is 0 Å². The molecule has 0 aliphatic rings. The maximum absolute atomic E-state index is 12.7. The predicted octanol–water partition coefficient (Wildman–Crippen LogP) is 5.24. The summed E-state index contributed by atoms with van der Waals surface area (Å²) in [4.78, 5) is 17.6. The molecule has 1 atom stereocenters. The second kappa shape index (κ2) is 10.9. The van der Waals surface area contributed by atoms with Crippen molar-refractivity contribution in [2.75, 3.05) is 13.7 Å². The molecule has 1 unspecified atom stereocenters. The summed E-state index contributed by atoms with van der Waals surface area (Å²) in [6.45, 7) is 5.39. The number of nitrogens with one attached hydrogen (secondary N) is 1. The Morgan fingerprint density at radius 1 is 1.03 bits per heavy atom. The number of amides is 1. The second-order valence-corrected chi connectivity index (χ2v) is 8.44. The number of aromatic nitrogens is 2. The molecular formula is C28H31N3O3. The van der Waals surface area contributed by atoms with Gasteiger partial charge in [0.25, 0.3) is 0 Å². The van der Waals surface area contributed by atoms with Crippen LogP contribution in [0.5, 0.6) is 11.5 Å². The molecule has 0 aliphatic carbocycles. The number of aryl methyl sites for hydroxylation is 2. The summed E-state index contributed by atoms with van der Waals surface area (Å²) < 4.78 is 13.3. The molecule has 0 saturated heterocycles. The van der Waals surface area contributed by atoms with Gasteiger partial charge in [-0.15, -0.1) is 0 Å². The minimum atomic E-state index is -0.226. The predicted molar refractivity (Wildman–Crippen MR) is 134 cm³/mol. The number of carbonyl (C=O) groups is 1. The highest BCUT2D eigenvalue weighted by atomic mass is 16.5. The van der Waals surface area contributed by atoms with Crippen molar-refractivity contribution < 1.29 is 14.3 Å². The average molecular weight is 458 g/mol. The summed E-state index contributed by atoms with van der Waals surface area (Å²) in [5, 5.41) is 3.11. The van der Waals surface area contributed by atoms with Crippen LogP contribution in [-0.4, -0.2) is 29.2 Å². The molecule has 0 fully saturated rings. The van der Waals surface area contributed by atoms with Gasteiger partial charge in [0.05, 0.1) is 37.2 Å². The maximum atomic E-state index is 12.7. The highest BCUT2D eigenvalue weighted by Gasteiger charge is 2.18. The van der Waals surface area contributed by atoms with Crippen molar-refractivity contribution in [2.24, 2.45) is 0 Å². The lowest BCUT2D eigenvalue weighted by Crippen LogP contribution is -2.30. The van der Waals surface area contributed by atoms with Crippen LogP contribution < -0.4 is 14.8 Å². The maximum Gasteiger partial charge on any atom is 0.224 e. The Morgan fingerprint density at radius 3 is 2.59 bits per heavy atom. The topological polar surface area (TPSA) is 65.4 Å². The lowest BCUT2D eigenvalue weighted by atomic mass is 10.1. The van der Waals surface area contributed by atoms with E-state index in [2.05, 4.69) is 28.9 Å². The van der Waals surface area contributed by atoms with Gasteiger partial charge in [-0.25, -0.2) is 4.98 Å². The van der Waals surface area contributed by atoms with Crippen LogP contribution in [0.2, 0.25) is 0 Å². The first-order chi connectivity index (χ1) is 16.5. The molecule has 0 saturated carbocycles. The van der Waals surface area contributed by atoms with Crippen LogP contribution in [0.1, 0.15) is 36.3 Å². The third-order valence-electron chi connectivity index (χ3n) is 5.76. The van der Waals surface area contributed by atoms with Gasteiger partial charge in [0.1, 0.15) is 17.3 Å². The monoisotopic (exact) mass is 457 g/mol. The van der Waals surface area contributed by atoms with E-state index in [1.807, 2.05) is 67.6 Å². The molecule has 4 aromatic rings. The number of rotatable bonds is 10. The number of imidazole rings is 1. The quantitative estimate of drug-likeness (QED) is 0.331. The van der Waals surface area contributed by atoms with Gasteiger partial charge in [-0.2, -0.15) is 0 Å². The molecule has 3 aromatic carbocycles. The van der Waals surface area contributed by atoms with E-state index in [9.17, 15) is 4.79 Å². The first-order valence-corrected chi connectivity index (χ1v) is 11.6. The van der Waals surface area contributed by atoms with Crippen molar-refractivity contribution in [3.8, 4) is 11.5 Å². The SMILES string of the molecule is COc1ccc(CC(=O)NC(C)c2nc3ccccc3n2CCCOc2cccc(C)c2)cc1. The van der Waals surface area contributed by atoms with E-state index in [1.165, 1.54) is 5.56 Å². The molecule has 6 nitrogen and oxygen atoms in total. The number of hydrogen-bond acceptors (Lipinski definition) is 4. The number of fused-ring (bicyclic) bond motifs is 1. The molecule has 0 aliphatic heterocycles. The second-order valence-electron chi connectivity index (χ2n) is 8.44. The fourth-order valence-corrected chi connectivity index (χ4v) is 4.06. The number of para-hydroxylation sites is 2. The number of nitrogens with zero attached hydrogens (tertiary/aromatic N) is 2. The Kier molecular flexibility index (Phi) is 7.48. The van der Waals surface area contributed by atoms with Gasteiger partial charge in [-0.1, -0.05) is 36.4 Å². The van der Waals surface area contributed by atoms with E-state index in [4.69, 9.17) is 14.5 Å². The zero-order chi connectivity index (χ0) is 23.9. The Labute approximate surface area is 200 Å². The fourth-order valence-electron chi connectivity index (χ4n) is 4.06. The van der Waals surface area contributed by atoms with Gasteiger partial charge in [-0.05, 0) is 67.8 Å². The molecule has 1 amide bonds. The first kappa shape index (κ1) is 23.4. The fraction of sp³-hybridized carbons (Fsp3) is 0.286. The van der Waals surface area contributed by atoms with Crippen LogP contribution in [-0.2, 0) is 17.8 Å². The van der Waals surface area contributed by atoms with E-state index in [-0.39, 0.29) is 11.9 Å². The van der Waals surface area contributed by atoms with Gasteiger partial charge in [0, 0.05) is 6.54 Å². The van der Waals surface area contributed by atoms with Crippen LogP contribution in [0, 0.1) is 6.92 Å². The smallest absolute Gasteiger partial charge is 0.224 e. The van der Waals surface area contributed by atoms with E-state index in [0.717, 1.165) is 46.9 Å². The minimum Gasteiger partial charge on any atom is -0.497 e. The van der Waals surface area contributed by atoms with Crippen LogP contribution >= 0.6 is 0 Å². The standard InChI is InChI=1S/C28H31N3O3/c1-20-8-6-9-24(18-20)34-17-7-16-31-26-11-5-4-10-25(26)30-28(31)21(2)29-27(32)19-22-12-14-23(33-3)15-13-22/h4-6,8-15,18,21H,7,16-17,19H2,1-3H3,(H,29,32). The molecule has 1 aromatic heterocycles. The number of hydrogen-bond donors (Lipinski definition) is 1. The van der Waals surface area contributed by atoms with Gasteiger partial charge >= 0.3 is 0 Å². The van der Waals surface area contributed by atoms with Crippen molar-refractivity contribution in [2.45, 2.75) is 39.3 Å². The Bertz CT molecular complexity index is 1250. The summed E-state index contributed by atoms with van der Waals surface area (Å²) >= 11 is 0. The Hall–Kier alpha value is -3.80. The van der Waals surface area contributed by atoms with E-state index in [1.54, 1.807) is 7.11 Å². The highest BCUT2D eigenvalue weighted by Crippen LogP contribution is 2.22. The van der Waals surface area contributed by atoms with Crippen LogP contribution in [0.4, 0.5) is 0 Å². The number of benzene rings is 3. The van der Waals surface area contributed by atoms with Crippen molar-refractivity contribution in [1.82, 2.24) is 14.9 Å². The lowest BCUT2D eigenvalue weighted by molar-refractivity contribution is -0.121. The third kappa shape index (κ3) is 5.76. The zero-order valence-electron chi connectivity index (χ0n) is 20.0. The van der Waals surface area contributed by atoms with E-state index in [0.29, 0.717) is 13.0 Å². The summed E-state index contributed by atoms with van der Waals surface area (Å²) in [7, 11) is 1.63. The molecular weight excluding hydrogens is 426 g/mol. The molecule has 34 heavy (non-hydrogen) atoms. The van der Waals surface area contributed by atoms with Crippen molar-refractivity contribution in [3.05, 3.63) is 89.7 Å². The van der Waals surface area contributed by atoms with Gasteiger partial charge in [-0.3, -0.25) is 4.79 Å².